The number of amides is 1. The van der Waals surface area contributed by atoms with Crippen LogP contribution in [0.4, 0.5) is 0 Å². The Labute approximate surface area is 109 Å². The molecule has 0 aliphatic heterocycles. The molecule has 0 bridgehead atoms. The van der Waals surface area contributed by atoms with E-state index in [1.54, 1.807) is 24.4 Å². The average molecular weight is 252 g/mol. The number of hydrogen-bond acceptors (Lipinski definition) is 3. The molecule has 5 heteroatoms. The number of rotatable bonds is 3. The second kappa shape index (κ2) is 4.89. The van der Waals surface area contributed by atoms with Gasteiger partial charge in [-0.05, 0) is 24.3 Å². The summed E-state index contributed by atoms with van der Waals surface area (Å²) in [6.07, 6.45) is 5.42. The fourth-order valence-electron chi connectivity index (χ4n) is 1.83. The van der Waals surface area contributed by atoms with Gasteiger partial charge in [-0.2, -0.15) is 0 Å². The molecule has 3 heterocycles. The molecule has 0 aliphatic rings. The van der Waals surface area contributed by atoms with E-state index in [0.717, 1.165) is 11.3 Å². The van der Waals surface area contributed by atoms with Gasteiger partial charge in [-0.15, -0.1) is 0 Å². The maximum absolute atomic E-state index is 11.8. The predicted octanol–water partition coefficient (Wildman–Crippen LogP) is 1.66. The van der Waals surface area contributed by atoms with Gasteiger partial charge in [0, 0.05) is 18.6 Å². The van der Waals surface area contributed by atoms with Gasteiger partial charge in [0.15, 0.2) is 0 Å². The summed E-state index contributed by atoms with van der Waals surface area (Å²) >= 11 is 0. The maximum Gasteiger partial charge on any atom is 0.270 e. The van der Waals surface area contributed by atoms with Crippen molar-refractivity contribution < 1.29 is 4.79 Å². The number of fused-ring (bicyclic) bond motifs is 1. The molecule has 0 spiro atoms. The molecular weight excluding hydrogens is 240 g/mol. The lowest BCUT2D eigenvalue weighted by Crippen LogP contribution is -2.23. The molecule has 1 amide bonds. The van der Waals surface area contributed by atoms with Crippen molar-refractivity contribution >= 4 is 11.6 Å². The van der Waals surface area contributed by atoms with Crippen LogP contribution in [0.1, 0.15) is 16.2 Å². The van der Waals surface area contributed by atoms with Crippen molar-refractivity contribution in [3.63, 3.8) is 0 Å². The average Bonchev–Trinajstić information content (AvgIpc) is 2.88. The second-order valence-electron chi connectivity index (χ2n) is 4.10. The van der Waals surface area contributed by atoms with Gasteiger partial charge in [0.25, 0.3) is 5.91 Å². The van der Waals surface area contributed by atoms with Crippen LogP contribution < -0.4 is 5.32 Å². The molecule has 94 valence electrons. The summed E-state index contributed by atoms with van der Waals surface area (Å²) in [6.45, 7) is 0.386. The van der Waals surface area contributed by atoms with E-state index in [4.69, 9.17) is 0 Å². The molecule has 0 saturated heterocycles. The zero-order valence-electron chi connectivity index (χ0n) is 10.2. The first kappa shape index (κ1) is 11.4. The molecule has 3 aromatic heterocycles. The van der Waals surface area contributed by atoms with E-state index in [9.17, 15) is 4.79 Å². The number of hydrogen-bond donors (Lipinski definition) is 1. The minimum absolute atomic E-state index is 0.197. The van der Waals surface area contributed by atoms with E-state index >= 15 is 0 Å². The Morgan fingerprint density at radius 1 is 1.21 bits per heavy atom. The number of nitrogens with zero attached hydrogens (tertiary/aromatic N) is 3. The SMILES string of the molecule is O=C(NCc1cn2ccccc2n1)c1ccccn1. The third-order valence-corrected chi connectivity index (χ3v) is 2.74. The van der Waals surface area contributed by atoms with Crippen molar-refractivity contribution in [3.05, 3.63) is 66.4 Å². The lowest BCUT2D eigenvalue weighted by molar-refractivity contribution is 0.0945. The molecule has 3 aromatic rings. The lowest BCUT2D eigenvalue weighted by Gasteiger charge is -2.01. The van der Waals surface area contributed by atoms with E-state index in [1.807, 2.05) is 35.0 Å². The largest absolute Gasteiger partial charge is 0.345 e. The maximum atomic E-state index is 11.8. The Kier molecular flexibility index (Phi) is 2.94. The van der Waals surface area contributed by atoms with E-state index in [0.29, 0.717) is 12.2 Å². The highest BCUT2D eigenvalue weighted by Gasteiger charge is 2.07. The zero-order valence-corrected chi connectivity index (χ0v) is 10.2. The van der Waals surface area contributed by atoms with Crippen LogP contribution in [0.2, 0.25) is 0 Å². The van der Waals surface area contributed by atoms with Crippen LogP contribution in [-0.2, 0) is 6.54 Å². The molecule has 5 nitrogen and oxygen atoms in total. The molecule has 0 unspecified atom stereocenters. The third-order valence-electron chi connectivity index (χ3n) is 2.74. The monoisotopic (exact) mass is 252 g/mol. The number of carbonyl (C=O) groups is 1. The minimum atomic E-state index is -0.197. The first-order valence-electron chi connectivity index (χ1n) is 5.95. The van der Waals surface area contributed by atoms with Crippen LogP contribution in [0.3, 0.4) is 0 Å². The zero-order chi connectivity index (χ0) is 13.1. The number of pyridine rings is 2. The third kappa shape index (κ3) is 2.44. The molecule has 19 heavy (non-hydrogen) atoms. The van der Waals surface area contributed by atoms with Crippen LogP contribution in [0.15, 0.2) is 55.0 Å². The van der Waals surface area contributed by atoms with Crippen molar-refractivity contribution in [1.82, 2.24) is 19.7 Å². The van der Waals surface area contributed by atoms with Crippen LogP contribution in [0, 0.1) is 0 Å². The summed E-state index contributed by atoms with van der Waals surface area (Å²) in [5.74, 6) is -0.197. The molecule has 0 radical (unpaired) electrons. The second-order valence-corrected chi connectivity index (χ2v) is 4.10. The van der Waals surface area contributed by atoms with Gasteiger partial charge in [-0.3, -0.25) is 9.78 Å². The van der Waals surface area contributed by atoms with Crippen molar-refractivity contribution in [3.8, 4) is 0 Å². The molecule has 1 N–H and O–H groups in total. The summed E-state index contributed by atoms with van der Waals surface area (Å²) in [5.41, 5.74) is 2.09. The van der Waals surface area contributed by atoms with Gasteiger partial charge in [0.05, 0.1) is 12.2 Å². The highest BCUT2D eigenvalue weighted by molar-refractivity contribution is 5.92. The number of nitrogens with one attached hydrogen (secondary N) is 1. The summed E-state index contributed by atoms with van der Waals surface area (Å²) < 4.78 is 1.92. The van der Waals surface area contributed by atoms with E-state index in [1.165, 1.54) is 0 Å². The van der Waals surface area contributed by atoms with Gasteiger partial charge in [-0.25, -0.2) is 4.98 Å². The highest BCUT2D eigenvalue weighted by Crippen LogP contribution is 2.04. The summed E-state index contributed by atoms with van der Waals surface area (Å²) in [7, 11) is 0. The van der Waals surface area contributed by atoms with Crippen LogP contribution in [-0.4, -0.2) is 20.3 Å². The number of carbonyl (C=O) groups excluding carboxylic acids is 1. The Morgan fingerprint density at radius 3 is 2.89 bits per heavy atom. The predicted molar refractivity (Wildman–Crippen MR) is 70.6 cm³/mol. The molecule has 3 rings (SSSR count). The quantitative estimate of drug-likeness (QED) is 0.771. The van der Waals surface area contributed by atoms with Crippen LogP contribution >= 0.6 is 0 Å². The molecule has 0 aromatic carbocycles. The number of aromatic nitrogens is 3. The molecule has 0 saturated carbocycles. The summed E-state index contributed by atoms with van der Waals surface area (Å²) in [5, 5.41) is 2.80. The summed E-state index contributed by atoms with van der Waals surface area (Å²) in [6, 6.07) is 11.0. The molecular formula is C14H12N4O. The first-order chi connectivity index (χ1) is 9.33. The molecule has 0 aliphatic carbocycles. The minimum Gasteiger partial charge on any atom is -0.345 e. The highest BCUT2D eigenvalue weighted by atomic mass is 16.1. The van der Waals surface area contributed by atoms with Gasteiger partial charge in [0.2, 0.25) is 0 Å². The number of imidazole rings is 1. The Bertz CT molecular complexity index is 673. The van der Waals surface area contributed by atoms with Crippen LogP contribution in [0.25, 0.3) is 5.65 Å². The fraction of sp³-hybridized carbons (Fsp3) is 0.0714. The van der Waals surface area contributed by atoms with Gasteiger partial charge >= 0.3 is 0 Å². The van der Waals surface area contributed by atoms with Gasteiger partial charge in [-0.1, -0.05) is 12.1 Å². The van der Waals surface area contributed by atoms with Crippen LogP contribution in [0.5, 0.6) is 0 Å². The van der Waals surface area contributed by atoms with Crippen molar-refractivity contribution in [2.45, 2.75) is 6.54 Å². The normalized spacial score (nSPS) is 10.5. The Balaban J connectivity index is 1.71. The smallest absolute Gasteiger partial charge is 0.270 e. The fourth-order valence-corrected chi connectivity index (χ4v) is 1.83. The van der Waals surface area contributed by atoms with Crippen molar-refractivity contribution in [2.75, 3.05) is 0 Å². The summed E-state index contributed by atoms with van der Waals surface area (Å²) in [4.78, 5) is 20.2. The topological polar surface area (TPSA) is 59.3 Å². The standard InChI is InChI=1S/C14H12N4O/c19-14(12-5-1-3-7-15-12)16-9-11-10-18-8-4-2-6-13(18)17-11/h1-8,10H,9H2,(H,16,19). The molecule has 0 fully saturated rings. The Hall–Kier alpha value is -2.69. The van der Waals surface area contributed by atoms with E-state index < -0.39 is 0 Å². The van der Waals surface area contributed by atoms with Gasteiger partial charge in [0.1, 0.15) is 11.3 Å². The first-order valence-corrected chi connectivity index (χ1v) is 5.95. The van der Waals surface area contributed by atoms with Crippen molar-refractivity contribution in [1.29, 1.82) is 0 Å². The molecule has 0 atom stereocenters. The van der Waals surface area contributed by atoms with E-state index in [-0.39, 0.29) is 5.91 Å². The van der Waals surface area contributed by atoms with Gasteiger partial charge < -0.3 is 9.72 Å². The lowest BCUT2D eigenvalue weighted by atomic mass is 10.3. The Morgan fingerprint density at radius 2 is 2.11 bits per heavy atom. The van der Waals surface area contributed by atoms with E-state index in [2.05, 4.69) is 15.3 Å². The van der Waals surface area contributed by atoms with Crippen molar-refractivity contribution in [2.24, 2.45) is 0 Å².